The lowest BCUT2D eigenvalue weighted by atomic mass is 9.67. The molecule has 1 aliphatic heterocycles. The predicted octanol–water partition coefficient (Wildman–Crippen LogP) is 5.47. The normalized spacial score (nSPS) is 23.5. The van der Waals surface area contributed by atoms with Crippen LogP contribution < -0.4 is 0 Å². The van der Waals surface area contributed by atoms with Crippen molar-refractivity contribution in [2.75, 3.05) is 13.1 Å². The van der Waals surface area contributed by atoms with Crippen molar-refractivity contribution >= 4 is 11.3 Å². The number of rotatable bonds is 6. The van der Waals surface area contributed by atoms with Crippen molar-refractivity contribution in [3.63, 3.8) is 0 Å². The monoisotopic (exact) mass is 385 g/mol. The fourth-order valence-electron chi connectivity index (χ4n) is 4.01. The largest absolute Gasteiger partial charge is 0.296 e. The van der Waals surface area contributed by atoms with E-state index in [1.54, 1.807) is 11.3 Å². The average Bonchev–Trinajstić information content (AvgIpc) is 3.14. The summed E-state index contributed by atoms with van der Waals surface area (Å²) in [6.45, 7) is 8.20. The average molecular weight is 386 g/mol. The molecule has 27 heavy (non-hydrogen) atoms. The summed E-state index contributed by atoms with van der Waals surface area (Å²) in [5.41, 5.74) is 2.86. The molecule has 0 amide bonds. The number of aromatic nitrogens is 1. The van der Waals surface area contributed by atoms with E-state index in [1.807, 2.05) is 13.8 Å². The fraction of sp³-hybridized carbons (Fsp3) is 0.545. The van der Waals surface area contributed by atoms with Gasteiger partial charge in [0, 0.05) is 35.9 Å². The predicted molar refractivity (Wildman–Crippen MR) is 109 cm³/mol. The topological polar surface area (TPSA) is 39.9 Å². The maximum absolute atomic E-state index is 15.0. The molecular weight excluding hydrogens is 357 g/mol. The van der Waals surface area contributed by atoms with E-state index in [4.69, 9.17) is 5.26 Å². The highest BCUT2D eigenvalue weighted by atomic mass is 32.1. The Morgan fingerprint density at radius 2 is 2.11 bits per heavy atom. The zero-order valence-corrected chi connectivity index (χ0v) is 17.2. The molecule has 1 aromatic carbocycles. The van der Waals surface area contributed by atoms with E-state index in [-0.39, 0.29) is 5.92 Å². The van der Waals surface area contributed by atoms with Crippen LogP contribution in [0.3, 0.4) is 0 Å². The van der Waals surface area contributed by atoms with Gasteiger partial charge in [0.15, 0.2) is 0 Å². The molecule has 1 aliphatic rings. The van der Waals surface area contributed by atoms with Crippen molar-refractivity contribution < 1.29 is 4.39 Å². The third-order valence-electron chi connectivity index (χ3n) is 6.00. The number of thiazole rings is 1. The van der Waals surface area contributed by atoms with Gasteiger partial charge in [-0.2, -0.15) is 5.26 Å². The van der Waals surface area contributed by atoms with Gasteiger partial charge in [0.05, 0.1) is 16.8 Å². The number of halogens is 1. The van der Waals surface area contributed by atoms with E-state index < -0.39 is 11.6 Å². The third kappa shape index (κ3) is 4.23. The van der Waals surface area contributed by atoms with Crippen LogP contribution in [0.4, 0.5) is 4.39 Å². The summed E-state index contributed by atoms with van der Waals surface area (Å²) in [4.78, 5) is 6.81. The number of benzene rings is 1. The van der Waals surface area contributed by atoms with Crippen molar-refractivity contribution in [2.45, 2.75) is 52.8 Å². The van der Waals surface area contributed by atoms with Crippen LogP contribution >= 0.6 is 11.3 Å². The molecule has 0 radical (unpaired) electrons. The van der Waals surface area contributed by atoms with E-state index in [0.717, 1.165) is 42.2 Å². The summed E-state index contributed by atoms with van der Waals surface area (Å²) in [5, 5.41) is 12.4. The second kappa shape index (κ2) is 8.50. The van der Waals surface area contributed by atoms with Gasteiger partial charge in [-0.05, 0) is 30.9 Å². The molecule has 1 saturated heterocycles. The Bertz CT molecular complexity index is 793. The first-order chi connectivity index (χ1) is 13.0. The highest BCUT2D eigenvalue weighted by Crippen LogP contribution is 2.43. The highest BCUT2D eigenvalue weighted by molar-refractivity contribution is 7.09. The van der Waals surface area contributed by atoms with Crippen LogP contribution in [0.2, 0.25) is 0 Å². The lowest BCUT2D eigenvalue weighted by Gasteiger charge is -2.46. The van der Waals surface area contributed by atoms with Gasteiger partial charge in [-0.1, -0.05) is 45.0 Å². The minimum Gasteiger partial charge on any atom is -0.296 e. The fourth-order valence-corrected chi connectivity index (χ4v) is 4.77. The molecule has 2 heterocycles. The number of likely N-dealkylation sites (tertiary alicyclic amines) is 1. The number of alkyl halides is 1. The van der Waals surface area contributed by atoms with Crippen molar-refractivity contribution in [1.29, 1.82) is 5.26 Å². The van der Waals surface area contributed by atoms with Gasteiger partial charge in [0.25, 0.3) is 0 Å². The second-order valence-corrected chi connectivity index (χ2v) is 8.80. The minimum absolute atomic E-state index is 0.180. The molecule has 1 fully saturated rings. The quantitative estimate of drug-likeness (QED) is 0.662. The standard InChI is InChI=1S/C22H28FN3S/c1-4-21-25-19(15-27-21)18-7-5-17(6-8-18)13-26-12-10-22(9-11-24,16(2)3)20(23)14-26/h5-8,15-16,20H,4,9-10,12-14H2,1-3H3. The first kappa shape index (κ1) is 20.0. The van der Waals surface area contributed by atoms with Crippen molar-refractivity contribution in [1.82, 2.24) is 9.88 Å². The smallest absolute Gasteiger partial charge is 0.120 e. The molecular formula is C22H28FN3S. The number of piperidine rings is 1. The number of aryl methyl sites for hydroxylation is 1. The van der Waals surface area contributed by atoms with E-state index in [9.17, 15) is 0 Å². The summed E-state index contributed by atoms with van der Waals surface area (Å²) in [6.07, 6.45) is 1.07. The maximum atomic E-state index is 15.0. The number of nitriles is 1. The molecule has 144 valence electrons. The Balaban J connectivity index is 1.64. The van der Waals surface area contributed by atoms with Crippen LogP contribution in [0.15, 0.2) is 29.6 Å². The van der Waals surface area contributed by atoms with Gasteiger partial charge < -0.3 is 0 Å². The molecule has 3 nitrogen and oxygen atoms in total. The molecule has 5 heteroatoms. The highest BCUT2D eigenvalue weighted by Gasteiger charge is 2.45. The Morgan fingerprint density at radius 3 is 2.67 bits per heavy atom. The van der Waals surface area contributed by atoms with Crippen LogP contribution in [-0.2, 0) is 13.0 Å². The molecule has 2 aromatic rings. The molecule has 2 atom stereocenters. The summed E-state index contributed by atoms with van der Waals surface area (Å²) >= 11 is 1.70. The van der Waals surface area contributed by atoms with Crippen molar-refractivity contribution in [2.24, 2.45) is 11.3 Å². The first-order valence-electron chi connectivity index (χ1n) is 9.75. The number of hydrogen-bond donors (Lipinski definition) is 0. The summed E-state index contributed by atoms with van der Waals surface area (Å²) in [5.74, 6) is 0.180. The van der Waals surface area contributed by atoms with Crippen LogP contribution in [0, 0.1) is 22.7 Å². The Kier molecular flexibility index (Phi) is 6.29. The van der Waals surface area contributed by atoms with Gasteiger partial charge >= 0.3 is 0 Å². The van der Waals surface area contributed by atoms with Crippen LogP contribution in [0.25, 0.3) is 11.3 Å². The summed E-state index contributed by atoms with van der Waals surface area (Å²) in [6, 6.07) is 10.7. The van der Waals surface area contributed by atoms with E-state index >= 15 is 4.39 Å². The van der Waals surface area contributed by atoms with Gasteiger partial charge in [0.2, 0.25) is 0 Å². The summed E-state index contributed by atoms with van der Waals surface area (Å²) < 4.78 is 15.0. The van der Waals surface area contributed by atoms with Crippen LogP contribution in [0.1, 0.15) is 44.2 Å². The lowest BCUT2D eigenvalue weighted by Crippen LogP contribution is -2.51. The Morgan fingerprint density at radius 1 is 1.37 bits per heavy atom. The molecule has 3 rings (SSSR count). The lowest BCUT2D eigenvalue weighted by molar-refractivity contribution is -0.0253. The van der Waals surface area contributed by atoms with Gasteiger partial charge in [-0.25, -0.2) is 9.37 Å². The molecule has 0 N–H and O–H groups in total. The minimum atomic E-state index is -0.951. The van der Waals surface area contributed by atoms with Gasteiger partial charge in [0.1, 0.15) is 6.17 Å². The Hall–Kier alpha value is -1.77. The zero-order chi connectivity index (χ0) is 19.4. The molecule has 0 saturated carbocycles. The first-order valence-corrected chi connectivity index (χ1v) is 10.6. The molecule has 0 spiro atoms. The Labute approximate surface area is 165 Å². The summed E-state index contributed by atoms with van der Waals surface area (Å²) in [7, 11) is 0. The third-order valence-corrected chi connectivity index (χ3v) is 7.00. The molecule has 0 bridgehead atoms. The number of hydrogen-bond acceptors (Lipinski definition) is 4. The van der Waals surface area contributed by atoms with E-state index in [2.05, 4.69) is 52.5 Å². The van der Waals surface area contributed by atoms with Crippen LogP contribution in [0.5, 0.6) is 0 Å². The van der Waals surface area contributed by atoms with Crippen molar-refractivity contribution in [3.8, 4) is 17.3 Å². The van der Waals surface area contributed by atoms with Gasteiger partial charge in [-0.15, -0.1) is 11.3 Å². The maximum Gasteiger partial charge on any atom is 0.120 e. The zero-order valence-electron chi connectivity index (χ0n) is 16.4. The van der Waals surface area contributed by atoms with E-state index in [0.29, 0.717) is 13.0 Å². The molecule has 1 aromatic heterocycles. The number of nitrogens with zero attached hydrogens (tertiary/aromatic N) is 3. The van der Waals surface area contributed by atoms with Gasteiger partial charge in [-0.3, -0.25) is 4.90 Å². The second-order valence-electron chi connectivity index (χ2n) is 7.85. The van der Waals surface area contributed by atoms with E-state index in [1.165, 1.54) is 5.56 Å². The van der Waals surface area contributed by atoms with Crippen molar-refractivity contribution in [3.05, 3.63) is 40.2 Å². The van der Waals surface area contributed by atoms with Crippen LogP contribution in [-0.4, -0.2) is 29.1 Å². The SMILES string of the molecule is CCc1nc(-c2ccc(CN3CCC(CC#N)(C(C)C)C(F)C3)cc2)cs1. The molecule has 2 unspecified atom stereocenters. The molecule has 0 aliphatic carbocycles.